The average Bonchev–Trinajstić information content (AvgIpc) is 2.94. The number of benzene rings is 1. The highest BCUT2D eigenvalue weighted by atomic mass is 19.4. The lowest BCUT2D eigenvalue weighted by Gasteiger charge is -2.35. The number of hydrogen-bond donors (Lipinski definition) is 1. The Morgan fingerprint density at radius 1 is 1.22 bits per heavy atom. The summed E-state index contributed by atoms with van der Waals surface area (Å²) in [5.41, 5.74) is 0.135. The molecule has 2 aromatic rings. The van der Waals surface area contributed by atoms with Crippen LogP contribution in [0.15, 0.2) is 18.2 Å². The number of hydrogen-bond acceptors (Lipinski definition) is 4. The third kappa shape index (κ3) is 4.24. The molecular formula is C18H24F3N5O. The summed E-state index contributed by atoms with van der Waals surface area (Å²) < 4.78 is 40.3. The number of alkyl halides is 3. The first kappa shape index (κ1) is 19.6. The van der Waals surface area contributed by atoms with Crippen molar-refractivity contribution >= 4 is 16.9 Å². The van der Waals surface area contributed by atoms with E-state index in [1.807, 2.05) is 6.92 Å². The van der Waals surface area contributed by atoms with Crippen LogP contribution in [0.25, 0.3) is 11.0 Å². The fourth-order valence-corrected chi connectivity index (χ4v) is 3.27. The molecule has 1 aromatic heterocycles. The van der Waals surface area contributed by atoms with Gasteiger partial charge >= 0.3 is 6.18 Å². The van der Waals surface area contributed by atoms with Crippen molar-refractivity contribution in [3.05, 3.63) is 29.6 Å². The molecule has 0 aliphatic carbocycles. The number of amides is 1. The minimum Gasteiger partial charge on any atom is -0.348 e. The van der Waals surface area contributed by atoms with E-state index >= 15 is 0 Å². The van der Waals surface area contributed by atoms with Gasteiger partial charge in [-0.25, -0.2) is 4.98 Å². The summed E-state index contributed by atoms with van der Waals surface area (Å²) in [6.45, 7) is 5.54. The first-order valence-electron chi connectivity index (χ1n) is 8.89. The molecule has 1 N–H and O–H groups in total. The minimum atomic E-state index is -4.40. The number of imidazole rings is 1. The van der Waals surface area contributed by atoms with Gasteiger partial charge in [-0.1, -0.05) is 0 Å². The zero-order chi connectivity index (χ0) is 19.8. The van der Waals surface area contributed by atoms with E-state index in [1.165, 1.54) is 6.07 Å². The molecule has 2 heterocycles. The normalized spacial score (nSPS) is 18.0. The summed E-state index contributed by atoms with van der Waals surface area (Å²) in [6.07, 6.45) is -4.40. The van der Waals surface area contributed by atoms with Crippen molar-refractivity contribution in [2.75, 3.05) is 33.2 Å². The highest BCUT2D eigenvalue weighted by Gasteiger charge is 2.31. The van der Waals surface area contributed by atoms with Crippen LogP contribution in [0.2, 0.25) is 0 Å². The van der Waals surface area contributed by atoms with E-state index < -0.39 is 11.7 Å². The lowest BCUT2D eigenvalue weighted by molar-refractivity contribution is -0.137. The van der Waals surface area contributed by atoms with Crippen molar-refractivity contribution in [3.8, 4) is 0 Å². The average molecular weight is 383 g/mol. The van der Waals surface area contributed by atoms with Crippen molar-refractivity contribution in [2.24, 2.45) is 7.05 Å². The summed E-state index contributed by atoms with van der Waals surface area (Å²) >= 11 is 0. The van der Waals surface area contributed by atoms with Gasteiger partial charge in [-0.2, -0.15) is 13.2 Å². The SMILES string of the molecule is C[C@H](C(=O)NCc1nc2cc(C(F)(F)F)ccc2n1C)N1CCN(C)CC1. The quantitative estimate of drug-likeness (QED) is 0.876. The van der Waals surface area contributed by atoms with E-state index in [-0.39, 0.29) is 24.0 Å². The lowest BCUT2D eigenvalue weighted by atomic mass is 10.2. The van der Waals surface area contributed by atoms with E-state index in [2.05, 4.69) is 27.1 Å². The number of likely N-dealkylation sites (N-methyl/N-ethyl adjacent to an activating group) is 1. The monoisotopic (exact) mass is 383 g/mol. The van der Waals surface area contributed by atoms with Gasteiger partial charge < -0.3 is 14.8 Å². The van der Waals surface area contributed by atoms with E-state index in [0.29, 0.717) is 11.3 Å². The molecule has 1 saturated heterocycles. The molecule has 1 atom stereocenters. The van der Waals surface area contributed by atoms with Crippen LogP contribution in [-0.4, -0.2) is 64.5 Å². The van der Waals surface area contributed by atoms with Crippen LogP contribution >= 0.6 is 0 Å². The number of rotatable bonds is 4. The molecule has 0 saturated carbocycles. The summed E-state index contributed by atoms with van der Waals surface area (Å²) in [5.74, 6) is 0.408. The van der Waals surface area contributed by atoms with Crippen LogP contribution in [-0.2, 0) is 24.6 Å². The number of aryl methyl sites for hydroxylation is 1. The number of fused-ring (bicyclic) bond motifs is 1. The maximum absolute atomic E-state index is 12.9. The molecule has 148 valence electrons. The fraction of sp³-hybridized carbons (Fsp3) is 0.556. The molecule has 0 bridgehead atoms. The Hall–Kier alpha value is -2.13. The van der Waals surface area contributed by atoms with Gasteiger partial charge in [0.05, 0.1) is 29.2 Å². The first-order valence-corrected chi connectivity index (χ1v) is 8.89. The molecule has 0 radical (unpaired) electrons. The molecule has 1 fully saturated rings. The Morgan fingerprint density at radius 3 is 2.52 bits per heavy atom. The van der Waals surface area contributed by atoms with Gasteiger partial charge in [0, 0.05) is 33.2 Å². The Kier molecular flexibility index (Phi) is 5.43. The summed E-state index contributed by atoms with van der Waals surface area (Å²) in [4.78, 5) is 21.1. The Morgan fingerprint density at radius 2 is 1.89 bits per heavy atom. The van der Waals surface area contributed by atoms with Gasteiger partial charge in [0.1, 0.15) is 5.82 Å². The lowest BCUT2D eigenvalue weighted by Crippen LogP contribution is -2.52. The summed E-state index contributed by atoms with van der Waals surface area (Å²) in [7, 11) is 3.78. The maximum Gasteiger partial charge on any atom is 0.416 e. The van der Waals surface area contributed by atoms with Crippen molar-refractivity contribution in [2.45, 2.75) is 25.7 Å². The van der Waals surface area contributed by atoms with Crippen LogP contribution in [0.3, 0.4) is 0 Å². The van der Waals surface area contributed by atoms with Crippen molar-refractivity contribution in [1.29, 1.82) is 0 Å². The molecule has 1 aromatic carbocycles. The molecule has 0 spiro atoms. The molecular weight excluding hydrogens is 359 g/mol. The molecule has 1 amide bonds. The highest BCUT2D eigenvalue weighted by Crippen LogP contribution is 2.31. The Balaban J connectivity index is 1.67. The fourth-order valence-electron chi connectivity index (χ4n) is 3.27. The third-order valence-corrected chi connectivity index (χ3v) is 5.19. The van der Waals surface area contributed by atoms with Crippen LogP contribution in [0.1, 0.15) is 18.3 Å². The molecule has 27 heavy (non-hydrogen) atoms. The van der Waals surface area contributed by atoms with E-state index in [9.17, 15) is 18.0 Å². The smallest absolute Gasteiger partial charge is 0.348 e. The molecule has 0 unspecified atom stereocenters. The third-order valence-electron chi connectivity index (χ3n) is 5.19. The van der Waals surface area contributed by atoms with Gasteiger partial charge in [0.2, 0.25) is 5.91 Å². The largest absolute Gasteiger partial charge is 0.416 e. The van der Waals surface area contributed by atoms with Crippen molar-refractivity contribution in [1.82, 2.24) is 24.7 Å². The molecule has 3 rings (SSSR count). The Bertz CT molecular complexity index is 824. The predicted molar refractivity (Wildman–Crippen MR) is 96.1 cm³/mol. The first-order chi connectivity index (χ1) is 12.7. The zero-order valence-electron chi connectivity index (χ0n) is 15.7. The molecule has 9 heteroatoms. The van der Waals surface area contributed by atoms with Crippen LogP contribution < -0.4 is 5.32 Å². The maximum atomic E-state index is 12.9. The predicted octanol–water partition coefficient (Wildman–Crippen LogP) is 1.84. The highest BCUT2D eigenvalue weighted by molar-refractivity contribution is 5.81. The molecule has 6 nitrogen and oxygen atoms in total. The second-order valence-corrected chi connectivity index (χ2v) is 7.02. The minimum absolute atomic E-state index is 0.109. The van der Waals surface area contributed by atoms with Crippen LogP contribution in [0.4, 0.5) is 13.2 Å². The molecule has 1 aliphatic rings. The zero-order valence-corrected chi connectivity index (χ0v) is 15.7. The number of carbonyl (C=O) groups excluding carboxylic acids is 1. The summed E-state index contributed by atoms with van der Waals surface area (Å²) in [6, 6.07) is 3.23. The number of nitrogens with zero attached hydrogens (tertiary/aromatic N) is 4. The van der Waals surface area contributed by atoms with Crippen molar-refractivity contribution in [3.63, 3.8) is 0 Å². The van der Waals surface area contributed by atoms with Crippen molar-refractivity contribution < 1.29 is 18.0 Å². The number of piperazine rings is 1. The van der Waals surface area contributed by atoms with Gasteiger partial charge in [0.25, 0.3) is 0 Å². The second-order valence-electron chi connectivity index (χ2n) is 7.02. The standard InChI is InChI=1S/C18H24F3N5O/c1-12(26-8-6-24(2)7-9-26)17(27)22-11-16-23-14-10-13(18(19,20)21)4-5-15(14)25(16)3/h4-5,10,12H,6-9,11H2,1-3H3,(H,22,27)/t12-/m1/s1. The van der Waals surface area contributed by atoms with E-state index in [1.54, 1.807) is 11.6 Å². The van der Waals surface area contributed by atoms with Crippen LogP contribution in [0, 0.1) is 0 Å². The summed E-state index contributed by atoms with van der Waals surface area (Å²) in [5, 5.41) is 2.85. The molecule has 1 aliphatic heterocycles. The van der Waals surface area contributed by atoms with Gasteiger partial charge in [-0.3, -0.25) is 9.69 Å². The van der Waals surface area contributed by atoms with E-state index in [4.69, 9.17) is 0 Å². The van der Waals surface area contributed by atoms with Gasteiger partial charge in [0.15, 0.2) is 0 Å². The number of aromatic nitrogens is 2. The second kappa shape index (κ2) is 7.47. The number of halogens is 3. The Labute approximate surface area is 155 Å². The van der Waals surface area contributed by atoms with E-state index in [0.717, 1.165) is 38.3 Å². The topological polar surface area (TPSA) is 53.4 Å². The number of carbonyl (C=O) groups is 1. The van der Waals surface area contributed by atoms with Crippen LogP contribution in [0.5, 0.6) is 0 Å². The van der Waals surface area contributed by atoms with Gasteiger partial charge in [-0.15, -0.1) is 0 Å². The number of nitrogens with one attached hydrogen (secondary N) is 1. The van der Waals surface area contributed by atoms with Gasteiger partial charge in [-0.05, 0) is 32.2 Å².